The van der Waals surface area contributed by atoms with Gasteiger partial charge in [0.1, 0.15) is 6.33 Å². The van der Waals surface area contributed by atoms with E-state index >= 15 is 0 Å². The molecule has 2 unspecified atom stereocenters. The van der Waals surface area contributed by atoms with E-state index in [1.54, 1.807) is 0 Å². The third kappa shape index (κ3) is 4.06. The van der Waals surface area contributed by atoms with E-state index in [9.17, 15) is 9.18 Å². The lowest BCUT2D eigenvalue weighted by Gasteiger charge is -2.44. The number of halogens is 1. The number of nitrogens with one attached hydrogen (secondary N) is 1. The number of aromatic nitrogens is 2. The molecule has 3 N–H and O–H groups in total. The van der Waals surface area contributed by atoms with Gasteiger partial charge >= 0.3 is 0 Å². The van der Waals surface area contributed by atoms with Crippen molar-refractivity contribution >= 4 is 17.5 Å². The second kappa shape index (κ2) is 7.34. The molecule has 0 aliphatic carbocycles. The Kier molecular flexibility index (Phi) is 5.32. The molecule has 0 spiro atoms. The summed E-state index contributed by atoms with van der Waals surface area (Å²) in [6.45, 7) is 8.25. The number of amides is 1. The molecule has 26 heavy (non-hydrogen) atoms. The molecule has 144 valence electrons. The second-order valence-corrected chi connectivity index (χ2v) is 8.26. The first-order valence-electron chi connectivity index (χ1n) is 9.35. The summed E-state index contributed by atoms with van der Waals surface area (Å²) in [5.41, 5.74) is 5.47. The highest BCUT2D eigenvalue weighted by Gasteiger charge is 2.37. The number of piperidine rings is 2. The Hall–Kier alpha value is -1.96. The minimum atomic E-state index is -0.578. The summed E-state index contributed by atoms with van der Waals surface area (Å²) < 4.78 is 14.3. The van der Waals surface area contributed by atoms with Crippen LogP contribution in [0.1, 0.15) is 46.5 Å². The Labute approximate surface area is 154 Å². The maximum absolute atomic E-state index is 14.3. The van der Waals surface area contributed by atoms with Crippen LogP contribution in [0.5, 0.6) is 0 Å². The normalized spacial score (nSPS) is 24.8. The number of anilines is 2. The van der Waals surface area contributed by atoms with Crippen molar-refractivity contribution in [2.45, 2.75) is 64.1 Å². The van der Waals surface area contributed by atoms with Gasteiger partial charge in [-0.1, -0.05) is 0 Å². The molecule has 2 fully saturated rings. The van der Waals surface area contributed by atoms with Crippen LogP contribution in [0.3, 0.4) is 0 Å². The predicted octanol–water partition coefficient (Wildman–Crippen LogP) is 1.55. The van der Waals surface area contributed by atoms with Crippen molar-refractivity contribution in [3.05, 3.63) is 12.1 Å². The smallest absolute Gasteiger partial charge is 0.240 e. The molecule has 0 aromatic carbocycles. The van der Waals surface area contributed by atoms with Gasteiger partial charge in [0, 0.05) is 31.2 Å². The molecule has 2 aliphatic rings. The zero-order chi connectivity index (χ0) is 18.9. The monoisotopic (exact) mass is 364 g/mol. The van der Waals surface area contributed by atoms with Gasteiger partial charge in [0.25, 0.3) is 0 Å². The lowest BCUT2D eigenvalue weighted by atomic mass is 9.96. The molecule has 1 aromatic heterocycles. The molecule has 7 nitrogen and oxygen atoms in total. The van der Waals surface area contributed by atoms with Gasteiger partial charge in [0.05, 0.1) is 6.04 Å². The Balaban J connectivity index is 1.72. The number of hydrogen-bond donors (Lipinski definition) is 2. The Bertz CT molecular complexity index is 662. The van der Waals surface area contributed by atoms with Crippen LogP contribution < -0.4 is 16.0 Å². The summed E-state index contributed by atoms with van der Waals surface area (Å²) in [5.74, 6) is -0.331. The Morgan fingerprint density at radius 2 is 1.96 bits per heavy atom. The molecule has 3 rings (SSSR count). The van der Waals surface area contributed by atoms with Crippen LogP contribution in [0, 0.1) is 5.82 Å². The highest BCUT2D eigenvalue weighted by molar-refractivity contribution is 5.83. The van der Waals surface area contributed by atoms with Crippen molar-refractivity contribution in [1.82, 2.24) is 20.2 Å². The van der Waals surface area contributed by atoms with Gasteiger partial charge < -0.3 is 20.9 Å². The minimum absolute atomic E-state index is 0.0661. The average molecular weight is 364 g/mol. The lowest BCUT2D eigenvalue weighted by molar-refractivity contribution is -0.139. The van der Waals surface area contributed by atoms with E-state index < -0.39 is 5.82 Å². The molecule has 1 aromatic rings. The van der Waals surface area contributed by atoms with Gasteiger partial charge in [-0.25, -0.2) is 9.97 Å². The van der Waals surface area contributed by atoms with Gasteiger partial charge in [0.15, 0.2) is 11.6 Å². The van der Waals surface area contributed by atoms with Gasteiger partial charge in [-0.15, -0.1) is 0 Å². The zero-order valence-electron chi connectivity index (χ0n) is 15.8. The maximum Gasteiger partial charge on any atom is 0.240 e. The molecule has 0 saturated carbocycles. The van der Waals surface area contributed by atoms with Crippen molar-refractivity contribution in [2.24, 2.45) is 0 Å². The quantitative estimate of drug-likeness (QED) is 0.846. The molecule has 2 aliphatic heterocycles. The molecule has 1 amide bonds. The Morgan fingerprint density at radius 1 is 1.23 bits per heavy atom. The van der Waals surface area contributed by atoms with Crippen LogP contribution in [0.25, 0.3) is 0 Å². The zero-order valence-corrected chi connectivity index (χ0v) is 15.8. The first-order chi connectivity index (χ1) is 12.3. The van der Waals surface area contributed by atoms with Crippen LogP contribution in [0.4, 0.5) is 16.0 Å². The highest BCUT2D eigenvalue weighted by atomic mass is 19.1. The van der Waals surface area contributed by atoms with Crippen molar-refractivity contribution in [1.29, 1.82) is 0 Å². The van der Waals surface area contributed by atoms with Crippen LogP contribution in [-0.2, 0) is 4.79 Å². The summed E-state index contributed by atoms with van der Waals surface area (Å²) in [6, 6.07) is -0.0815. The number of nitrogen functional groups attached to an aromatic ring is 1. The number of likely N-dealkylation sites (tertiary alicyclic amines) is 1. The minimum Gasteiger partial charge on any atom is -0.381 e. The molecule has 2 saturated heterocycles. The van der Waals surface area contributed by atoms with E-state index in [1.807, 2.05) is 9.80 Å². The first-order valence-corrected chi connectivity index (χ1v) is 9.35. The van der Waals surface area contributed by atoms with Crippen molar-refractivity contribution in [2.75, 3.05) is 30.3 Å². The number of nitrogens with two attached hydrogens (primary N) is 1. The number of nitrogens with zero attached hydrogens (tertiary/aromatic N) is 4. The number of carbonyl (C=O) groups is 1. The predicted molar refractivity (Wildman–Crippen MR) is 99.3 cm³/mol. The van der Waals surface area contributed by atoms with E-state index in [0.29, 0.717) is 13.1 Å². The van der Waals surface area contributed by atoms with Gasteiger partial charge in [-0.2, -0.15) is 4.39 Å². The van der Waals surface area contributed by atoms with Crippen LogP contribution in [-0.4, -0.2) is 58.0 Å². The molecule has 0 radical (unpaired) electrons. The third-order valence-electron chi connectivity index (χ3n) is 5.02. The standard InChI is InChI=1S/C18H29FN6O/c1-18(2,3)23-13-7-5-9-25(17(13)26)12-6-4-8-24(10-12)16-14(19)15(20)21-11-22-16/h11-13,23H,4-10H2,1-3H3,(H2,20,21,22). The molecular weight excluding hydrogens is 335 g/mol. The summed E-state index contributed by atoms with van der Waals surface area (Å²) in [5, 5.41) is 3.43. The SMILES string of the molecule is CC(C)(C)NC1CCCN(C2CCCN(c3ncnc(N)c3F)C2)C1=O. The summed E-state index contributed by atoms with van der Waals surface area (Å²) >= 11 is 0. The van der Waals surface area contributed by atoms with E-state index in [0.717, 1.165) is 32.2 Å². The first kappa shape index (κ1) is 18.8. The fourth-order valence-electron chi connectivity index (χ4n) is 3.91. The largest absolute Gasteiger partial charge is 0.381 e. The number of carbonyl (C=O) groups excluding carboxylic acids is 1. The fraction of sp³-hybridized carbons (Fsp3) is 0.722. The molecule has 8 heteroatoms. The van der Waals surface area contributed by atoms with Crippen molar-refractivity contribution in [3.63, 3.8) is 0 Å². The summed E-state index contributed by atoms with van der Waals surface area (Å²) in [6.07, 6.45) is 4.93. The second-order valence-electron chi connectivity index (χ2n) is 8.26. The Morgan fingerprint density at radius 3 is 2.69 bits per heavy atom. The maximum atomic E-state index is 14.3. The van der Waals surface area contributed by atoms with Crippen LogP contribution in [0.2, 0.25) is 0 Å². The third-order valence-corrected chi connectivity index (χ3v) is 5.02. The molecule has 0 bridgehead atoms. The van der Waals surface area contributed by atoms with E-state index in [-0.39, 0.29) is 35.2 Å². The summed E-state index contributed by atoms with van der Waals surface area (Å²) in [4.78, 5) is 24.6. The topological polar surface area (TPSA) is 87.4 Å². The number of rotatable bonds is 3. The highest BCUT2D eigenvalue weighted by Crippen LogP contribution is 2.27. The fourth-order valence-corrected chi connectivity index (χ4v) is 3.91. The van der Waals surface area contributed by atoms with E-state index in [2.05, 4.69) is 36.1 Å². The van der Waals surface area contributed by atoms with Crippen molar-refractivity contribution < 1.29 is 9.18 Å². The van der Waals surface area contributed by atoms with Gasteiger partial charge in [-0.3, -0.25) is 4.79 Å². The molecule has 2 atom stereocenters. The van der Waals surface area contributed by atoms with Gasteiger partial charge in [-0.05, 0) is 46.5 Å². The molecular formula is C18H29FN6O. The average Bonchev–Trinajstić information content (AvgIpc) is 2.58. The van der Waals surface area contributed by atoms with Crippen LogP contribution in [0.15, 0.2) is 6.33 Å². The lowest BCUT2D eigenvalue weighted by Crippen LogP contribution is -2.60. The molecule has 3 heterocycles. The van der Waals surface area contributed by atoms with E-state index in [1.165, 1.54) is 6.33 Å². The summed E-state index contributed by atoms with van der Waals surface area (Å²) in [7, 11) is 0. The van der Waals surface area contributed by atoms with Crippen LogP contribution >= 0.6 is 0 Å². The number of hydrogen-bond acceptors (Lipinski definition) is 6. The van der Waals surface area contributed by atoms with Gasteiger partial charge in [0.2, 0.25) is 11.7 Å². The van der Waals surface area contributed by atoms with Crippen molar-refractivity contribution in [3.8, 4) is 0 Å². The van der Waals surface area contributed by atoms with E-state index in [4.69, 9.17) is 5.73 Å².